The molecule has 0 atom stereocenters. The molecule has 0 saturated heterocycles. The average Bonchev–Trinajstić information content (AvgIpc) is 2.38. The maximum Gasteiger partial charge on any atom is 0.508 e. The molecule has 0 spiro atoms. The summed E-state index contributed by atoms with van der Waals surface area (Å²) in [6.45, 7) is 5.06. The maximum absolute atomic E-state index is 11.1. The Kier molecular flexibility index (Phi) is 12.9. The van der Waals surface area contributed by atoms with Crippen LogP contribution in [-0.2, 0) is 9.47 Å². The normalized spacial score (nSPS) is 11.2. The molecule has 0 aromatic carbocycles. The van der Waals surface area contributed by atoms with Gasteiger partial charge in [0.1, 0.15) is 0 Å². The molecular weight excluding hydrogens is 228 g/mol. The zero-order valence-electron chi connectivity index (χ0n) is 11.7. The van der Waals surface area contributed by atoms with E-state index in [1.165, 1.54) is 0 Å². The van der Waals surface area contributed by atoms with E-state index in [2.05, 4.69) is 38.2 Å². The van der Waals surface area contributed by atoms with Crippen LogP contribution in [0, 0.1) is 0 Å². The molecule has 0 amide bonds. The summed E-state index contributed by atoms with van der Waals surface area (Å²) in [4.78, 5) is 11.1. The van der Waals surface area contributed by atoms with Gasteiger partial charge >= 0.3 is 6.16 Å². The van der Waals surface area contributed by atoms with Crippen molar-refractivity contribution in [3.05, 3.63) is 24.3 Å². The van der Waals surface area contributed by atoms with E-state index >= 15 is 0 Å². The molecule has 0 N–H and O–H groups in total. The van der Waals surface area contributed by atoms with Crippen LogP contribution in [0.15, 0.2) is 24.3 Å². The zero-order chi connectivity index (χ0) is 13.5. The van der Waals surface area contributed by atoms with E-state index in [1.807, 2.05) is 0 Å². The lowest BCUT2D eigenvalue weighted by Gasteiger charge is -2.04. The first-order valence-electron chi connectivity index (χ1n) is 6.90. The molecule has 3 heteroatoms. The van der Waals surface area contributed by atoms with E-state index in [-0.39, 0.29) is 0 Å². The highest BCUT2D eigenvalue weighted by Gasteiger charge is 2.01. The molecule has 0 saturated carbocycles. The fourth-order valence-electron chi connectivity index (χ4n) is 1.32. The minimum absolute atomic E-state index is 0.433. The molecule has 104 valence electrons. The van der Waals surface area contributed by atoms with Gasteiger partial charge in [-0.2, -0.15) is 0 Å². The summed E-state index contributed by atoms with van der Waals surface area (Å²) in [5.74, 6) is 0. The minimum Gasteiger partial charge on any atom is -0.434 e. The summed E-state index contributed by atoms with van der Waals surface area (Å²) in [5.41, 5.74) is 0. The second kappa shape index (κ2) is 13.8. The third kappa shape index (κ3) is 12.8. The van der Waals surface area contributed by atoms with Crippen molar-refractivity contribution in [3.63, 3.8) is 0 Å². The quantitative estimate of drug-likeness (QED) is 0.324. The van der Waals surface area contributed by atoms with E-state index < -0.39 is 6.16 Å². The van der Waals surface area contributed by atoms with Gasteiger partial charge in [-0.15, -0.1) is 0 Å². The zero-order valence-corrected chi connectivity index (χ0v) is 11.7. The Hall–Kier alpha value is -1.25. The van der Waals surface area contributed by atoms with Crippen LogP contribution in [0.4, 0.5) is 4.79 Å². The molecule has 18 heavy (non-hydrogen) atoms. The predicted molar refractivity (Wildman–Crippen MR) is 74.6 cm³/mol. The van der Waals surface area contributed by atoms with Gasteiger partial charge in [0, 0.05) is 0 Å². The molecule has 0 aliphatic rings. The van der Waals surface area contributed by atoms with Crippen molar-refractivity contribution < 1.29 is 14.3 Å². The number of ether oxygens (including phenoxy) is 2. The number of allylic oxidation sites excluding steroid dienone is 4. The van der Waals surface area contributed by atoms with Crippen molar-refractivity contribution in [2.75, 3.05) is 13.2 Å². The number of rotatable bonds is 10. The van der Waals surface area contributed by atoms with Gasteiger partial charge in [0.15, 0.2) is 0 Å². The van der Waals surface area contributed by atoms with Gasteiger partial charge in [-0.3, -0.25) is 0 Å². The van der Waals surface area contributed by atoms with Gasteiger partial charge < -0.3 is 9.47 Å². The van der Waals surface area contributed by atoms with E-state index in [0.29, 0.717) is 13.2 Å². The van der Waals surface area contributed by atoms with Crippen LogP contribution in [-0.4, -0.2) is 19.4 Å². The average molecular weight is 254 g/mol. The Balaban J connectivity index is 3.27. The standard InChI is InChI=1S/C15H26O3/c1-3-5-7-9-11-13-17-15(16)18-14-12-10-8-6-4-2/h5-8H,3-4,9-14H2,1-2H3/b7-5-,8-6-. The van der Waals surface area contributed by atoms with Crippen LogP contribution in [0.25, 0.3) is 0 Å². The topological polar surface area (TPSA) is 35.5 Å². The Labute approximate surface area is 111 Å². The number of unbranched alkanes of at least 4 members (excludes halogenated alkanes) is 2. The van der Waals surface area contributed by atoms with E-state index in [0.717, 1.165) is 38.5 Å². The van der Waals surface area contributed by atoms with Crippen molar-refractivity contribution in [3.8, 4) is 0 Å². The summed E-state index contributed by atoms with van der Waals surface area (Å²) in [5, 5.41) is 0. The highest BCUT2D eigenvalue weighted by Crippen LogP contribution is 1.98. The maximum atomic E-state index is 11.1. The first kappa shape index (κ1) is 16.8. The molecule has 0 aliphatic heterocycles. The van der Waals surface area contributed by atoms with Crippen LogP contribution in [0.1, 0.15) is 52.4 Å². The van der Waals surface area contributed by atoms with Crippen molar-refractivity contribution >= 4 is 6.16 Å². The highest BCUT2D eigenvalue weighted by atomic mass is 16.7. The largest absolute Gasteiger partial charge is 0.508 e. The van der Waals surface area contributed by atoms with E-state index in [9.17, 15) is 4.79 Å². The minimum atomic E-state index is -0.547. The molecule has 0 unspecified atom stereocenters. The first-order chi connectivity index (χ1) is 8.81. The van der Waals surface area contributed by atoms with Crippen molar-refractivity contribution in [1.29, 1.82) is 0 Å². The van der Waals surface area contributed by atoms with Gasteiger partial charge in [-0.05, 0) is 38.5 Å². The lowest BCUT2D eigenvalue weighted by molar-refractivity contribution is 0.0541. The molecule has 0 aromatic rings. The van der Waals surface area contributed by atoms with Crippen LogP contribution in [0.5, 0.6) is 0 Å². The fourth-order valence-corrected chi connectivity index (χ4v) is 1.32. The summed E-state index contributed by atoms with van der Waals surface area (Å²) in [6.07, 6.45) is 13.6. The Morgan fingerprint density at radius 3 is 1.67 bits per heavy atom. The molecule has 0 heterocycles. The Morgan fingerprint density at radius 1 is 0.833 bits per heavy atom. The van der Waals surface area contributed by atoms with Gasteiger partial charge in [0.2, 0.25) is 0 Å². The third-order valence-electron chi connectivity index (χ3n) is 2.27. The second-order valence-electron chi connectivity index (χ2n) is 3.99. The molecule has 0 rings (SSSR count). The number of carbonyl (C=O) groups excluding carboxylic acids is 1. The lowest BCUT2D eigenvalue weighted by Crippen LogP contribution is -2.09. The summed E-state index contributed by atoms with van der Waals surface area (Å²) < 4.78 is 9.87. The van der Waals surface area contributed by atoms with E-state index in [1.54, 1.807) is 0 Å². The molecule has 0 aromatic heterocycles. The van der Waals surface area contributed by atoms with Crippen LogP contribution in [0.2, 0.25) is 0 Å². The second-order valence-corrected chi connectivity index (χ2v) is 3.99. The van der Waals surface area contributed by atoms with Crippen molar-refractivity contribution in [1.82, 2.24) is 0 Å². The number of hydrogen-bond donors (Lipinski definition) is 0. The first-order valence-corrected chi connectivity index (χ1v) is 6.90. The summed E-state index contributed by atoms with van der Waals surface area (Å²) in [7, 11) is 0. The summed E-state index contributed by atoms with van der Waals surface area (Å²) >= 11 is 0. The van der Waals surface area contributed by atoms with Crippen LogP contribution < -0.4 is 0 Å². The smallest absolute Gasteiger partial charge is 0.434 e. The Morgan fingerprint density at radius 2 is 1.28 bits per heavy atom. The lowest BCUT2D eigenvalue weighted by atomic mass is 10.3. The van der Waals surface area contributed by atoms with Crippen molar-refractivity contribution in [2.45, 2.75) is 52.4 Å². The van der Waals surface area contributed by atoms with Gasteiger partial charge in [-0.1, -0.05) is 38.2 Å². The van der Waals surface area contributed by atoms with Gasteiger partial charge in [-0.25, -0.2) is 4.79 Å². The van der Waals surface area contributed by atoms with Gasteiger partial charge in [0.05, 0.1) is 13.2 Å². The van der Waals surface area contributed by atoms with Gasteiger partial charge in [0.25, 0.3) is 0 Å². The SMILES string of the molecule is CC/C=C\CCCOC(=O)OCCC/C=C\CC. The summed E-state index contributed by atoms with van der Waals surface area (Å²) in [6, 6.07) is 0. The Bertz CT molecular complexity index is 220. The molecule has 0 fully saturated rings. The molecule has 0 radical (unpaired) electrons. The highest BCUT2D eigenvalue weighted by molar-refractivity contribution is 5.59. The van der Waals surface area contributed by atoms with Crippen LogP contribution in [0.3, 0.4) is 0 Å². The molecule has 3 nitrogen and oxygen atoms in total. The number of hydrogen-bond acceptors (Lipinski definition) is 3. The third-order valence-corrected chi connectivity index (χ3v) is 2.27. The van der Waals surface area contributed by atoms with E-state index in [4.69, 9.17) is 9.47 Å². The molecule has 0 aliphatic carbocycles. The number of carbonyl (C=O) groups is 1. The monoisotopic (exact) mass is 254 g/mol. The molecular formula is C15H26O3. The van der Waals surface area contributed by atoms with Crippen molar-refractivity contribution in [2.24, 2.45) is 0 Å². The molecule has 0 bridgehead atoms. The predicted octanol–water partition coefficient (Wildman–Crippen LogP) is 4.63. The fraction of sp³-hybridized carbons (Fsp3) is 0.667. The van der Waals surface area contributed by atoms with Crippen LogP contribution >= 0.6 is 0 Å².